The summed E-state index contributed by atoms with van der Waals surface area (Å²) in [6.07, 6.45) is 10.4. The summed E-state index contributed by atoms with van der Waals surface area (Å²) in [4.78, 5) is 38.8. The smallest absolute Gasteiger partial charge is 0.410 e. The van der Waals surface area contributed by atoms with Crippen LogP contribution in [0.15, 0.2) is 48.8 Å². The van der Waals surface area contributed by atoms with E-state index in [2.05, 4.69) is 19.8 Å². The predicted molar refractivity (Wildman–Crippen MR) is 207 cm³/mol. The van der Waals surface area contributed by atoms with Gasteiger partial charge in [-0.3, -0.25) is 14.4 Å². The number of nitrogens with zero attached hydrogens (tertiary/aromatic N) is 8. The van der Waals surface area contributed by atoms with E-state index in [0.29, 0.717) is 18.7 Å². The minimum atomic E-state index is -3.50. The Morgan fingerprint density at radius 1 is 0.778 bits per heavy atom. The second-order valence-corrected chi connectivity index (χ2v) is 17.1. The number of fused-ring (bicyclic) bond motifs is 2. The average Bonchev–Trinajstić information content (AvgIpc) is 3.71. The van der Waals surface area contributed by atoms with Gasteiger partial charge in [0, 0.05) is 49.0 Å². The molecule has 1 aromatic carbocycles. The topological polar surface area (TPSA) is 156 Å². The van der Waals surface area contributed by atoms with E-state index in [1.807, 2.05) is 77.9 Å². The van der Waals surface area contributed by atoms with E-state index in [0.717, 1.165) is 90.0 Å². The van der Waals surface area contributed by atoms with Crippen molar-refractivity contribution in [3.05, 3.63) is 88.3 Å². The Morgan fingerprint density at radius 3 is 1.80 bits per heavy atom. The lowest BCUT2D eigenvalue weighted by atomic mass is 9.98. The molecule has 2 aliphatic rings. The van der Waals surface area contributed by atoms with E-state index in [9.17, 15) is 18.0 Å². The molecule has 2 atom stereocenters. The molecule has 288 valence electrons. The van der Waals surface area contributed by atoms with Gasteiger partial charge in [0.2, 0.25) is 10.0 Å². The summed E-state index contributed by atoms with van der Waals surface area (Å²) in [7, 11) is -3.50. The SMILES string of the molecule is Cc1cn2nc([C@@H]3CCCCN3C(=O)OC(C)(C)C)cc2nc1C.Cc1cn2nc([C@@H]3CCCCN3C(=O)c3ccccc3NS(C)(=O)=O)cc2nc1C. The molecule has 2 aliphatic heterocycles. The van der Waals surface area contributed by atoms with Gasteiger partial charge in [-0.1, -0.05) is 12.1 Å². The van der Waals surface area contributed by atoms with Crippen LogP contribution in [0.5, 0.6) is 0 Å². The van der Waals surface area contributed by atoms with Gasteiger partial charge in [-0.25, -0.2) is 32.2 Å². The van der Waals surface area contributed by atoms with E-state index in [-0.39, 0.29) is 29.8 Å². The fourth-order valence-corrected chi connectivity index (χ4v) is 7.51. The number of aromatic nitrogens is 6. The monoisotopic (exact) mass is 757 g/mol. The van der Waals surface area contributed by atoms with Gasteiger partial charge < -0.3 is 9.64 Å². The fraction of sp³-hybridized carbons (Fsp3) is 0.487. The van der Waals surface area contributed by atoms with Crippen LogP contribution in [-0.4, -0.2) is 84.4 Å². The molecule has 4 aromatic heterocycles. The van der Waals surface area contributed by atoms with Crippen molar-refractivity contribution in [3.63, 3.8) is 0 Å². The van der Waals surface area contributed by atoms with Gasteiger partial charge >= 0.3 is 6.09 Å². The van der Waals surface area contributed by atoms with E-state index < -0.39 is 15.6 Å². The van der Waals surface area contributed by atoms with E-state index in [1.165, 1.54) is 0 Å². The normalized spacial score (nSPS) is 18.0. The van der Waals surface area contributed by atoms with Gasteiger partial charge in [0.05, 0.1) is 41.0 Å². The molecule has 54 heavy (non-hydrogen) atoms. The first-order valence-electron chi connectivity index (χ1n) is 18.5. The number of hydrogen-bond acceptors (Lipinski definition) is 9. The van der Waals surface area contributed by atoms with E-state index in [4.69, 9.17) is 9.84 Å². The lowest BCUT2D eigenvalue weighted by Crippen LogP contribution is -2.42. The standard InChI is InChI=1S/C21H25N5O3S.C18H26N4O2/c1-14-13-26-20(22-15(14)2)12-18(23-26)19-10-6-7-11-25(19)21(27)16-8-4-5-9-17(16)24-30(3,28)29;1-12-11-22-16(19-13(12)2)10-14(20-22)15-8-6-7-9-21(15)17(23)24-18(3,4)5/h4-5,8-9,12-13,19,24H,6-7,10-11H2,1-3H3;10-11,15H,6-9H2,1-5H3/t19-;15-/m00/s1. The summed E-state index contributed by atoms with van der Waals surface area (Å²) in [6, 6.07) is 10.4. The molecule has 0 aliphatic carbocycles. The predicted octanol–water partition coefficient (Wildman–Crippen LogP) is 6.89. The largest absolute Gasteiger partial charge is 0.444 e. The van der Waals surface area contributed by atoms with Crippen LogP contribution >= 0.6 is 0 Å². The molecule has 7 rings (SSSR count). The van der Waals surface area contributed by atoms with Crippen LogP contribution in [-0.2, 0) is 14.8 Å². The summed E-state index contributed by atoms with van der Waals surface area (Å²) in [5, 5.41) is 9.37. The fourth-order valence-electron chi connectivity index (χ4n) is 6.94. The Bertz CT molecular complexity index is 2210. The molecule has 0 radical (unpaired) electrons. The van der Waals surface area contributed by atoms with Crippen LogP contribution in [0.3, 0.4) is 0 Å². The molecule has 0 bridgehead atoms. The molecule has 0 spiro atoms. The highest BCUT2D eigenvalue weighted by Gasteiger charge is 2.34. The molecule has 1 N–H and O–H groups in total. The number of ether oxygens (including phenoxy) is 1. The number of hydrogen-bond donors (Lipinski definition) is 1. The van der Waals surface area contributed by atoms with Crippen molar-refractivity contribution in [2.24, 2.45) is 0 Å². The third-order valence-electron chi connectivity index (χ3n) is 9.84. The van der Waals surface area contributed by atoms with Gasteiger partial charge in [-0.05, 0) is 110 Å². The highest BCUT2D eigenvalue weighted by atomic mass is 32.2. The second-order valence-electron chi connectivity index (χ2n) is 15.4. The van der Waals surface area contributed by atoms with Crippen molar-refractivity contribution in [1.82, 2.24) is 39.0 Å². The zero-order chi connectivity index (χ0) is 38.9. The number of nitrogens with one attached hydrogen (secondary N) is 1. The lowest BCUT2D eigenvalue weighted by molar-refractivity contribution is 0.00895. The third kappa shape index (κ3) is 8.83. The van der Waals surface area contributed by atoms with Gasteiger partial charge in [0.15, 0.2) is 11.3 Å². The lowest BCUT2D eigenvalue weighted by Gasteiger charge is -2.35. The Morgan fingerprint density at radius 2 is 1.28 bits per heavy atom. The molecule has 2 amide bonds. The second kappa shape index (κ2) is 15.4. The molecular weight excluding hydrogens is 707 g/mol. The number of benzene rings is 1. The first-order valence-corrected chi connectivity index (χ1v) is 20.4. The first kappa shape index (κ1) is 38.7. The van der Waals surface area contributed by atoms with E-state index >= 15 is 0 Å². The molecule has 14 nitrogen and oxygen atoms in total. The molecule has 2 fully saturated rings. The summed E-state index contributed by atoms with van der Waals surface area (Å²) < 4.78 is 35.1. The van der Waals surface area contributed by atoms with Crippen LogP contribution in [0.25, 0.3) is 11.3 Å². The third-order valence-corrected chi connectivity index (χ3v) is 10.4. The Hall–Kier alpha value is -5.05. The van der Waals surface area contributed by atoms with Crippen molar-refractivity contribution in [2.45, 2.75) is 105 Å². The number of piperidine rings is 2. The Kier molecular flexibility index (Phi) is 11.0. The number of likely N-dealkylation sites (tertiary alicyclic amines) is 2. The molecule has 15 heteroatoms. The van der Waals surface area contributed by atoms with Crippen molar-refractivity contribution in [2.75, 3.05) is 24.1 Å². The molecular formula is C39H51N9O5S. The number of carbonyl (C=O) groups excluding carboxylic acids is 2. The number of carbonyl (C=O) groups is 2. The average molecular weight is 758 g/mol. The van der Waals surface area contributed by atoms with Crippen LogP contribution in [0.4, 0.5) is 10.5 Å². The molecule has 0 saturated carbocycles. The zero-order valence-corrected chi connectivity index (χ0v) is 33.3. The zero-order valence-electron chi connectivity index (χ0n) is 32.5. The highest BCUT2D eigenvalue weighted by Crippen LogP contribution is 2.34. The molecule has 2 saturated heterocycles. The maximum absolute atomic E-state index is 13.5. The van der Waals surface area contributed by atoms with Crippen LogP contribution in [0.2, 0.25) is 0 Å². The van der Waals surface area contributed by atoms with Crippen molar-refractivity contribution in [3.8, 4) is 0 Å². The van der Waals surface area contributed by atoms with Gasteiger partial charge in [0.25, 0.3) is 5.91 Å². The summed E-state index contributed by atoms with van der Waals surface area (Å²) >= 11 is 0. The number of anilines is 1. The van der Waals surface area contributed by atoms with E-state index in [1.54, 1.807) is 38.2 Å². The van der Waals surface area contributed by atoms with Gasteiger partial charge in [-0.2, -0.15) is 10.2 Å². The molecule has 6 heterocycles. The number of amides is 2. The number of aryl methyl sites for hydroxylation is 4. The van der Waals surface area contributed by atoms with Gasteiger partial charge in [-0.15, -0.1) is 0 Å². The van der Waals surface area contributed by atoms with Crippen LogP contribution in [0.1, 0.15) is 116 Å². The van der Waals surface area contributed by atoms with Crippen molar-refractivity contribution < 1.29 is 22.7 Å². The summed E-state index contributed by atoms with van der Waals surface area (Å²) in [5.74, 6) is -0.205. The summed E-state index contributed by atoms with van der Waals surface area (Å²) in [5.41, 5.74) is 7.50. The Labute approximate surface area is 317 Å². The molecule has 0 unspecified atom stereocenters. The number of rotatable bonds is 5. The quantitative estimate of drug-likeness (QED) is 0.202. The maximum Gasteiger partial charge on any atom is 0.410 e. The minimum absolute atomic E-state index is 0.0455. The maximum atomic E-state index is 13.5. The van der Waals surface area contributed by atoms with Gasteiger partial charge in [0.1, 0.15) is 5.60 Å². The minimum Gasteiger partial charge on any atom is -0.444 e. The summed E-state index contributed by atoms with van der Waals surface area (Å²) in [6.45, 7) is 15.0. The number of sulfonamides is 1. The van der Waals surface area contributed by atoms with Crippen molar-refractivity contribution in [1.29, 1.82) is 0 Å². The first-order chi connectivity index (χ1) is 25.5. The number of para-hydroxylation sites is 1. The van der Waals surface area contributed by atoms with Crippen molar-refractivity contribution >= 4 is 39.0 Å². The highest BCUT2D eigenvalue weighted by molar-refractivity contribution is 7.92. The van der Waals surface area contributed by atoms with Crippen LogP contribution < -0.4 is 4.72 Å². The Balaban J connectivity index is 0.000000189. The van der Waals surface area contributed by atoms with Crippen LogP contribution in [0, 0.1) is 27.7 Å². The molecule has 5 aromatic rings.